The molecule has 31 heavy (non-hydrogen) atoms. The van der Waals surface area contributed by atoms with Crippen molar-refractivity contribution in [2.45, 2.75) is 13.0 Å². The smallest absolute Gasteiger partial charge is 0.321 e. The van der Waals surface area contributed by atoms with Gasteiger partial charge in [0.05, 0.1) is 20.0 Å². The number of hydrogen-bond acceptors (Lipinski definition) is 8. The number of piperazine rings is 1. The highest BCUT2D eigenvalue weighted by Gasteiger charge is 2.43. The molecule has 0 saturated carbocycles. The van der Waals surface area contributed by atoms with Gasteiger partial charge in [0.25, 0.3) is 0 Å². The van der Waals surface area contributed by atoms with Gasteiger partial charge in [-0.2, -0.15) is 0 Å². The Morgan fingerprint density at radius 1 is 1.19 bits per heavy atom. The lowest BCUT2D eigenvalue weighted by molar-refractivity contribution is -0.153. The average molecular weight is 426 g/mol. The summed E-state index contributed by atoms with van der Waals surface area (Å²) in [6.07, 6.45) is 1.51. The first-order chi connectivity index (χ1) is 15.1. The molecule has 164 valence electrons. The zero-order valence-corrected chi connectivity index (χ0v) is 17.6. The summed E-state index contributed by atoms with van der Waals surface area (Å²) >= 11 is 0. The van der Waals surface area contributed by atoms with E-state index in [4.69, 9.17) is 13.9 Å². The number of benzene rings is 1. The third-order valence-corrected chi connectivity index (χ3v) is 5.47. The molecule has 1 fully saturated rings. The van der Waals surface area contributed by atoms with Crippen LogP contribution in [0, 0.1) is 5.92 Å². The van der Waals surface area contributed by atoms with E-state index >= 15 is 0 Å². The molecule has 0 aliphatic carbocycles. The fourth-order valence-corrected chi connectivity index (χ4v) is 3.87. The van der Waals surface area contributed by atoms with Crippen LogP contribution in [0.4, 0.5) is 5.69 Å². The second kappa shape index (κ2) is 9.11. The predicted octanol–water partition coefficient (Wildman–Crippen LogP) is 1.82. The van der Waals surface area contributed by atoms with E-state index in [2.05, 4.69) is 21.3 Å². The van der Waals surface area contributed by atoms with Crippen LogP contribution in [-0.2, 0) is 14.3 Å². The Labute approximate surface area is 180 Å². The SMILES string of the molecule is CCOC(=O)[C@@H]1C(=O)NC(N2CCN(c3cccc(OC)c3)CC2)=N[C@H]1c1ccco1. The van der Waals surface area contributed by atoms with Crippen molar-refractivity contribution >= 4 is 23.5 Å². The van der Waals surface area contributed by atoms with Crippen LogP contribution in [0.5, 0.6) is 5.75 Å². The van der Waals surface area contributed by atoms with Crippen LogP contribution in [0.15, 0.2) is 52.1 Å². The standard InChI is InChI=1S/C22H26N4O5/c1-3-30-21(28)18-19(17-8-5-13-31-17)23-22(24-20(18)27)26-11-9-25(10-12-26)15-6-4-7-16(14-15)29-2/h4-8,13-14,18-19H,3,9-12H2,1-2H3,(H,23,24,27)/t18-,19-/m0/s1. The number of guanidine groups is 1. The van der Waals surface area contributed by atoms with Crippen molar-refractivity contribution in [1.82, 2.24) is 10.2 Å². The summed E-state index contributed by atoms with van der Waals surface area (Å²) in [5.41, 5.74) is 1.09. The number of nitrogens with zero attached hydrogens (tertiary/aromatic N) is 3. The van der Waals surface area contributed by atoms with Gasteiger partial charge < -0.3 is 23.7 Å². The fraction of sp³-hybridized carbons (Fsp3) is 0.409. The summed E-state index contributed by atoms with van der Waals surface area (Å²) in [6, 6.07) is 10.6. The van der Waals surface area contributed by atoms with Gasteiger partial charge in [-0.1, -0.05) is 6.07 Å². The molecule has 2 aromatic rings. The molecule has 2 atom stereocenters. The second-order valence-corrected chi connectivity index (χ2v) is 7.31. The quantitative estimate of drug-likeness (QED) is 0.575. The summed E-state index contributed by atoms with van der Waals surface area (Å²) in [6.45, 7) is 4.76. The molecule has 1 aromatic heterocycles. The molecule has 1 saturated heterocycles. The van der Waals surface area contributed by atoms with E-state index in [-0.39, 0.29) is 6.61 Å². The van der Waals surface area contributed by atoms with E-state index in [1.54, 1.807) is 26.2 Å². The van der Waals surface area contributed by atoms with Gasteiger partial charge in [0.1, 0.15) is 17.6 Å². The number of amides is 1. The number of furan rings is 1. The van der Waals surface area contributed by atoms with E-state index < -0.39 is 23.8 Å². The van der Waals surface area contributed by atoms with E-state index in [1.165, 1.54) is 6.26 Å². The normalized spacial score (nSPS) is 21.4. The molecule has 0 bridgehead atoms. The number of nitrogens with one attached hydrogen (secondary N) is 1. The Balaban J connectivity index is 1.51. The van der Waals surface area contributed by atoms with Crippen LogP contribution in [-0.4, -0.2) is 62.6 Å². The number of esters is 1. The number of hydrogen-bond donors (Lipinski definition) is 1. The third-order valence-electron chi connectivity index (χ3n) is 5.47. The van der Waals surface area contributed by atoms with Gasteiger partial charge in [-0.05, 0) is 31.2 Å². The van der Waals surface area contributed by atoms with Crippen LogP contribution in [0.25, 0.3) is 0 Å². The molecule has 2 aliphatic rings. The van der Waals surface area contributed by atoms with E-state index in [0.29, 0.717) is 24.8 Å². The number of carbonyl (C=O) groups is 2. The highest BCUT2D eigenvalue weighted by atomic mass is 16.5. The lowest BCUT2D eigenvalue weighted by atomic mass is 9.95. The molecule has 9 heteroatoms. The van der Waals surface area contributed by atoms with Gasteiger partial charge >= 0.3 is 5.97 Å². The number of aliphatic imine (C=N–C) groups is 1. The van der Waals surface area contributed by atoms with Gasteiger partial charge in [-0.15, -0.1) is 0 Å². The minimum absolute atomic E-state index is 0.191. The molecule has 1 N–H and O–H groups in total. The zero-order chi connectivity index (χ0) is 21.8. The summed E-state index contributed by atoms with van der Waals surface area (Å²) < 4.78 is 15.9. The lowest BCUT2D eigenvalue weighted by Gasteiger charge is -2.39. The van der Waals surface area contributed by atoms with Gasteiger partial charge in [0, 0.05) is 37.9 Å². The molecule has 0 unspecified atom stereocenters. The topological polar surface area (TPSA) is 96.6 Å². The zero-order valence-electron chi connectivity index (χ0n) is 17.6. The molecule has 9 nitrogen and oxygen atoms in total. The molecular formula is C22H26N4O5. The van der Waals surface area contributed by atoms with Crippen molar-refractivity contribution in [3.8, 4) is 5.75 Å². The highest BCUT2D eigenvalue weighted by molar-refractivity contribution is 6.08. The Hall–Kier alpha value is -3.49. The van der Waals surface area contributed by atoms with E-state index in [1.807, 2.05) is 23.1 Å². The minimum Gasteiger partial charge on any atom is -0.497 e. The molecule has 0 radical (unpaired) electrons. The van der Waals surface area contributed by atoms with Crippen LogP contribution in [0.2, 0.25) is 0 Å². The Kier molecular flexibility index (Phi) is 6.11. The number of ether oxygens (including phenoxy) is 2. The highest BCUT2D eigenvalue weighted by Crippen LogP contribution is 2.31. The van der Waals surface area contributed by atoms with Crippen molar-refractivity contribution in [1.29, 1.82) is 0 Å². The monoisotopic (exact) mass is 426 g/mol. The molecule has 2 aliphatic heterocycles. The maximum atomic E-state index is 12.8. The lowest BCUT2D eigenvalue weighted by Crippen LogP contribution is -2.57. The maximum absolute atomic E-state index is 12.8. The van der Waals surface area contributed by atoms with Crippen molar-refractivity contribution in [2.75, 3.05) is 44.8 Å². The minimum atomic E-state index is -1.08. The van der Waals surface area contributed by atoms with E-state index in [9.17, 15) is 9.59 Å². The van der Waals surface area contributed by atoms with Crippen molar-refractivity contribution in [3.63, 3.8) is 0 Å². The maximum Gasteiger partial charge on any atom is 0.321 e. The summed E-state index contributed by atoms with van der Waals surface area (Å²) in [7, 11) is 1.65. The number of carbonyl (C=O) groups excluding carboxylic acids is 2. The van der Waals surface area contributed by atoms with Crippen molar-refractivity contribution in [3.05, 3.63) is 48.4 Å². The summed E-state index contributed by atoms with van der Waals surface area (Å²) in [5.74, 6) is -0.382. The van der Waals surface area contributed by atoms with E-state index in [0.717, 1.165) is 24.5 Å². The van der Waals surface area contributed by atoms with Crippen molar-refractivity contribution in [2.24, 2.45) is 10.9 Å². The Morgan fingerprint density at radius 3 is 2.65 bits per heavy atom. The summed E-state index contributed by atoms with van der Waals surface area (Å²) in [4.78, 5) is 34.2. The summed E-state index contributed by atoms with van der Waals surface area (Å²) in [5, 5.41) is 2.80. The van der Waals surface area contributed by atoms with Gasteiger partial charge in [-0.3, -0.25) is 14.9 Å². The molecule has 1 amide bonds. The van der Waals surface area contributed by atoms with Crippen molar-refractivity contribution < 1.29 is 23.5 Å². The molecule has 3 heterocycles. The first-order valence-electron chi connectivity index (χ1n) is 10.3. The molecule has 4 rings (SSSR count). The van der Waals surface area contributed by atoms with Crippen LogP contribution < -0.4 is 15.0 Å². The average Bonchev–Trinajstić information content (AvgIpc) is 3.34. The first kappa shape index (κ1) is 20.8. The number of anilines is 1. The Morgan fingerprint density at radius 2 is 1.97 bits per heavy atom. The number of methoxy groups -OCH3 is 1. The van der Waals surface area contributed by atoms with Crippen LogP contribution in [0.3, 0.4) is 0 Å². The third kappa shape index (κ3) is 4.35. The van der Waals surface area contributed by atoms with Crippen LogP contribution >= 0.6 is 0 Å². The fourth-order valence-electron chi connectivity index (χ4n) is 3.87. The van der Waals surface area contributed by atoms with Gasteiger partial charge in [0.15, 0.2) is 5.92 Å². The molecule has 1 aromatic carbocycles. The molecular weight excluding hydrogens is 400 g/mol. The van der Waals surface area contributed by atoms with Gasteiger partial charge in [0.2, 0.25) is 11.9 Å². The Bertz CT molecular complexity index is 951. The first-order valence-corrected chi connectivity index (χ1v) is 10.3. The predicted molar refractivity (Wildman–Crippen MR) is 114 cm³/mol. The largest absolute Gasteiger partial charge is 0.497 e. The van der Waals surface area contributed by atoms with Crippen LogP contribution in [0.1, 0.15) is 18.7 Å². The number of rotatable bonds is 5. The second-order valence-electron chi connectivity index (χ2n) is 7.31. The molecule has 0 spiro atoms. The van der Waals surface area contributed by atoms with Gasteiger partial charge in [-0.25, -0.2) is 4.99 Å².